The van der Waals surface area contributed by atoms with Crippen LogP contribution in [0.25, 0.3) is 0 Å². The van der Waals surface area contributed by atoms with Gasteiger partial charge in [0.2, 0.25) is 0 Å². The Kier molecular flexibility index (Phi) is 11.8. The molecular weight excluding hydrogens is 465 g/mol. The van der Waals surface area contributed by atoms with Crippen molar-refractivity contribution in [1.82, 2.24) is 15.5 Å². The maximum atomic E-state index is 13.7. The van der Waals surface area contributed by atoms with Gasteiger partial charge in [-0.2, -0.15) is 0 Å². The number of ether oxygens (including phenoxy) is 1. The fourth-order valence-corrected chi connectivity index (χ4v) is 3.18. The number of piperidine rings is 1. The highest BCUT2D eigenvalue weighted by molar-refractivity contribution is 14.0. The predicted molar refractivity (Wildman–Crippen MR) is 116 cm³/mol. The lowest BCUT2D eigenvalue weighted by atomic mass is 10.1. The van der Waals surface area contributed by atoms with Crippen LogP contribution >= 0.6 is 24.0 Å². The van der Waals surface area contributed by atoms with Gasteiger partial charge >= 0.3 is 0 Å². The highest BCUT2D eigenvalue weighted by Gasteiger charge is 2.19. The summed E-state index contributed by atoms with van der Waals surface area (Å²) in [6.45, 7) is 4.50. The molecule has 0 aromatic heterocycles. The van der Waals surface area contributed by atoms with Gasteiger partial charge in [0.1, 0.15) is 0 Å². The molecule has 0 bridgehead atoms. The van der Waals surface area contributed by atoms with Crippen LogP contribution in [-0.4, -0.2) is 63.8 Å². The number of nitrogens with zero attached hydrogens (tertiary/aromatic N) is 2. The molecule has 1 saturated heterocycles. The van der Waals surface area contributed by atoms with E-state index in [-0.39, 0.29) is 24.0 Å². The van der Waals surface area contributed by atoms with E-state index in [1.54, 1.807) is 20.2 Å². The molecule has 1 aromatic carbocycles. The van der Waals surface area contributed by atoms with Gasteiger partial charge in [-0.25, -0.2) is 8.78 Å². The zero-order valence-corrected chi connectivity index (χ0v) is 18.5. The van der Waals surface area contributed by atoms with Crippen LogP contribution in [-0.2, 0) is 11.2 Å². The largest absolute Gasteiger partial charge is 0.385 e. The number of aliphatic imine (C=N–C) groups is 1. The molecule has 27 heavy (non-hydrogen) atoms. The Balaban J connectivity index is 0.00000364. The lowest BCUT2D eigenvalue weighted by Crippen LogP contribution is -2.49. The molecule has 8 heteroatoms. The second-order valence-electron chi connectivity index (χ2n) is 6.57. The van der Waals surface area contributed by atoms with Crippen molar-refractivity contribution < 1.29 is 13.5 Å². The van der Waals surface area contributed by atoms with Crippen LogP contribution < -0.4 is 10.6 Å². The molecule has 1 aromatic rings. The Morgan fingerprint density at radius 1 is 1.30 bits per heavy atom. The molecule has 2 rings (SSSR count). The Labute approximate surface area is 178 Å². The molecule has 2 N–H and O–H groups in total. The summed E-state index contributed by atoms with van der Waals surface area (Å²) < 4.78 is 32.0. The van der Waals surface area contributed by atoms with Gasteiger partial charge in [0.05, 0.1) is 0 Å². The van der Waals surface area contributed by atoms with E-state index in [1.165, 1.54) is 6.07 Å². The molecule has 5 nitrogen and oxygen atoms in total. The third-order valence-corrected chi connectivity index (χ3v) is 4.69. The minimum absolute atomic E-state index is 0. The third-order valence-electron chi connectivity index (χ3n) is 4.69. The molecule has 154 valence electrons. The zero-order chi connectivity index (χ0) is 18.8. The van der Waals surface area contributed by atoms with Crippen LogP contribution in [0.1, 0.15) is 24.8 Å². The average molecular weight is 496 g/mol. The van der Waals surface area contributed by atoms with Crippen LogP contribution in [0.3, 0.4) is 0 Å². The first-order valence-corrected chi connectivity index (χ1v) is 9.25. The van der Waals surface area contributed by atoms with Gasteiger partial charge in [0, 0.05) is 53.0 Å². The minimum Gasteiger partial charge on any atom is -0.385 e. The van der Waals surface area contributed by atoms with Gasteiger partial charge < -0.3 is 20.3 Å². The number of nitrogens with one attached hydrogen (secondary N) is 2. The van der Waals surface area contributed by atoms with Crippen molar-refractivity contribution in [3.63, 3.8) is 0 Å². The fraction of sp³-hybridized carbons (Fsp3) is 0.632. The van der Waals surface area contributed by atoms with E-state index < -0.39 is 11.6 Å². The van der Waals surface area contributed by atoms with Crippen molar-refractivity contribution in [3.05, 3.63) is 35.4 Å². The fourth-order valence-electron chi connectivity index (χ4n) is 3.18. The van der Waals surface area contributed by atoms with Gasteiger partial charge in [0.15, 0.2) is 17.6 Å². The highest BCUT2D eigenvalue weighted by Crippen LogP contribution is 2.12. The minimum atomic E-state index is -0.803. The summed E-state index contributed by atoms with van der Waals surface area (Å²) in [7, 11) is 3.45. The first-order valence-electron chi connectivity index (χ1n) is 9.25. The Morgan fingerprint density at radius 2 is 2.04 bits per heavy atom. The maximum Gasteiger partial charge on any atom is 0.191 e. The van der Waals surface area contributed by atoms with Gasteiger partial charge in [0.25, 0.3) is 0 Å². The van der Waals surface area contributed by atoms with Crippen molar-refractivity contribution in [2.75, 3.05) is 46.9 Å². The third kappa shape index (κ3) is 8.27. The summed E-state index contributed by atoms with van der Waals surface area (Å²) in [5.74, 6) is -0.861. The number of methoxy groups -OCH3 is 1. The van der Waals surface area contributed by atoms with Crippen molar-refractivity contribution >= 4 is 29.9 Å². The molecule has 0 saturated carbocycles. The molecule has 0 spiro atoms. The van der Waals surface area contributed by atoms with E-state index in [4.69, 9.17) is 4.74 Å². The van der Waals surface area contributed by atoms with E-state index in [0.29, 0.717) is 30.5 Å². The number of likely N-dealkylation sites (tertiary alicyclic amines) is 1. The topological polar surface area (TPSA) is 48.9 Å². The van der Waals surface area contributed by atoms with Crippen LogP contribution in [0.2, 0.25) is 0 Å². The molecule has 0 unspecified atom stereocenters. The van der Waals surface area contributed by atoms with Gasteiger partial charge in [-0.3, -0.25) is 4.99 Å². The van der Waals surface area contributed by atoms with Crippen LogP contribution in [0, 0.1) is 11.6 Å². The SMILES string of the molecule is CN=C(NCCc1cccc(F)c1F)NC1CCN(CCCOC)CC1.I. The van der Waals surface area contributed by atoms with Gasteiger partial charge in [-0.1, -0.05) is 12.1 Å². The molecule has 1 fully saturated rings. The van der Waals surface area contributed by atoms with E-state index in [1.807, 2.05) is 0 Å². The lowest BCUT2D eigenvalue weighted by molar-refractivity contribution is 0.155. The van der Waals surface area contributed by atoms with E-state index in [0.717, 1.165) is 51.6 Å². The second kappa shape index (κ2) is 13.2. The number of rotatable bonds is 8. The number of hydrogen-bond acceptors (Lipinski definition) is 3. The van der Waals surface area contributed by atoms with Crippen molar-refractivity contribution in [1.29, 1.82) is 0 Å². The molecule has 1 aliphatic heterocycles. The van der Waals surface area contributed by atoms with Crippen molar-refractivity contribution in [2.24, 2.45) is 4.99 Å². The molecule has 0 radical (unpaired) electrons. The summed E-state index contributed by atoms with van der Waals surface area (Å²) in [6.07, 6.45) is 3.59. The lowest BCUT2D eigenvalue weighted by Gasteiger charge is -2.33. The van der Waals surface area contributed by atoms with Crippen LogP contribution in [0.4, 0.5) is 8.78 Å². The molecule has 0 amide bonds. The van der Waals surface area contributed by atoms with Crippen molar-refractivity contribution in [2.45, 2.75) is 31.7 Å². The number of guanidine groups is 1. The number of benzene rings is 1. The van der Waals surface area contributed by atoms with Gasteiger partial charge in [-0.05, 0) is 37.3 Å². The summed E-state index contributed by atoms with van der Waals surface area (Å²) in [6, 6.07) is 4.65. The molecular formula is C19H31F2IN4O. The average Bonchev–Trinajstić information content (AvgIpc) is 2.66. The smallest absolute Gasteiger partial charge is 0.191 e. The Bertz CT molecular complexity index is 581. The number of halogens is 3. The van der Waals surface area contributed by atoms with Crippen molar-refractivity contribution in [3.8, 4) is 0 Å². The summed E-state index contributed by atoms with van der Waals surface area (Å²) >= 11 is 0. The molecule has 1 aliphatic rings. The van der Waals surface area contributed by atoms with E-state index in [2.05, 4.69) is 20.5 Å². The highest BCUT2D eigenvalue weighted by atomic mass is 127. The number of hydrogen-bond donors (Lipinski definition) is 2. The molecule has 0 aliphatic carbocycles. The van der Waals surface area contributed by atoms with Crippen LogP contribution in [0.5, 0.6) is 0 Å². The molecule has 0 atom stereocenters. The quantitative estimate of drug-likeness (QED) is 0.252. The van der Waals surface area contributed by atoms with E-state index >= 15 is 0 Å². The summed E-state index contributed by atoms with van der Waals surface area (Å²) in [4.78, 5) is 6.69. The maximum absolute atomic E-state index is 13.7. The molecule has 1 heterocycles. The first-order chi connectivity index (χ1) is 12.6. The van der Waals surface area contributed by atoms with Gasteiger partial charge in [-0.15, -0.1) is 24.0 Å². The van der Waals surface area contributed by atoms with Crippen LogP contribution in [0.15, 0.2) is 23.2 Å². The zero-order valence-electron chi connectivity index (χ0n) is 16.1. The summed E-state index contributed by atoms with van der Waals surface area (Å²) in [5.41, 5.74) is 0.373. The predicted octanol–water partition coefficient (Wildman–Crippen LogP) is 2.79. The normalized spacial score (nSPS) is 16.1. The second-order valence-corrected chi connectivity index (χ2v) is 6.57. The standard InChI is InChI=1S/C19H30F2N4O.HI/c1-22-19(23-10-7-15-5-3-6-17(20)18(15)21)24-16-8-12-25(13-9-16)11-4-14-26-2;/h3,5-6,16H,4,7-14H2,1-2H3,(H2,22,23,24);1H. The Morgan fingerprint density at radius 3 is 2.70 bits per heavy atom. The monoisotopic (exact) mass is 496 g/mol. The summed E-state index contributed by atoms with van der Waals surface area (Å²) in [5, 5.41) is 6.61. The van der Waals surface area contributed by atoms with E-state index in [9.17, 15) is 8.78 Å². The Hall–Kier alpha value is -1.00. The first kappa shape index (κ1) is 24.0.